The number of aromatic nitrogens is 2. The summed E-state index contributed by atoms with van der Waals surface area (Å²) in [6.07, 6.45) is 0. The third-order valence-corrected chi connectivity index (χ3v) is 2.60. The number of nitrogen functional groups attached to an aromatic ring is 1. The van der Waals surface area contributed by atoms with Crippen LogP contribution < -0.4 is 11.1 Å². The van der Waals surface area contributed by atoms with Crippen molar-refractivity contribution >= 4 is 17.2 Å². The Kier molecular flexibility index (Phi) is 3.18. The fraction of sp³-hybridized carbons (Fsp3) is 0.250. The summed E-state index contributed by atoms with van der Waals surface area (Å²) in [6.45, 7) is 4.29. The molecule has 0 aliphatic rings. The normalized spacial score (nSPS) is 10.7. The molecule has 0 saturated carbocycles. The summed E-state index contributed by atoms with van der Waals surface area (Å²) in [6, 6.07) is 3.21. The predicted molar refractivity (Wildman–Crippen MR) is 66.7 cm³/mol. The zero-order chi connectivity index (χ0) is 13.3. The molecule has 2 aromatic rings. The van der Waals surface area contributed by atoms with E-state index in [0.29, 0.717) is 29.4 Å². The summed E-state index contributed by atoms with van der Waals surface area (Å²) < 4.78 is 27.8. The van der Waals surface area contributed by atoms with E-state index in [-0.39, 0.29) is 0 Å². The number of nitrogens with zero attached hydrogens (tertiary/aromatic N) is 2. The first-order valence-electron chi connectivity index (χ1n) is 5.57. The number of anilines is 3. The van der Waals surface area contributed by atoms with Crippen molar-refractivity contribution in [1.82, 2.24) is 9.78 Å². The van der Waals surface area contributed by atoms with Gasteiger partial charge in [0.15, 0.2) is 5.82 Å². The van der Waals surface area contributed by atoms with Crippen LogP contribution in [0.3, 0.4) is 0 Å². The second-order valence-electron chi connectivity index (χ2n) is 3.95. The van der Waals surface area contributed by atoms with Crippen molar-refractivity contribution in [3.63, 3.8) is 0 Å². The van der Waals surface area contributed by atoms with E-state index in [1.807, 2.05) is 6.92 Å². The van der Waals surface area contributed by atoms with Crippen LogP contribution in [0, 0.1) is 18.6 Å². The first kappa shape index (κ1) is 12.3. The average molecular weight is 252 g/mol. The van der Waals surface area contributed by atoms with E-state index >= 15 is 0 Å². The van der Waals surface area contributed by atoms with Gasteiger partial charge in [-0.2, -0.15) is 5.10 Å². The van der Waals surface area contributed by atoms with E-state index < -0.39 is 11.6 Å². The number of hydrogen-bond donors (Lipinski definition) is 2. The molecule has 4 nitrogen and oxygen atoms in total. The van der Waals surface area contributed by atoms with Crippen molar-refractivity contribution in [2.45, 2.75) is 20.4 Å². The van der Waals surface area contributed by atoms with Crippen molar-refractivity contribution < 1.29 is 8.78 Å². The predicted octanol–water partition coefficient (Wildman–Crippen LogP) is 2.82. The third-order valence-electron chi connectivity index (χ3n) is 2.60. The van der Waals surface area contributed by atoms with Gasteiger partial charge in [0.2, 0.25) is 0 Å². The van der Waals surface area contributed by atoms with E-state index in [4.69, 9.17) is 5.73 Å². The van der Waals surface area contributed by atoms with Crippen LogP contribution >= 0.6 is 0 Å². The van der Waals surface area contributed by atoms with Crippen molar-refractivity contribution in [2.24, 2.45) is 0 Å². The Bertz CT molecular complexity index is 557. The molecule has 0 unspecified atom stereocenters. The Morgan fingerprint density at radius 1 is 1.28 bits per heavy atom. The molecular weight excluding hydrogens is 238 g/mol. The number of halogens is 2. The standard InChI is InChI=1S/C12H14F2N4/c1-3-18-12(11(15)7(2)17-18)16-10-5-8(13)4-9(14)6-10/h4-6,16H,3,15H2,1-2H3. The van der Waals surface area contributed by atoms with E-state index in [1.165, 1.54) is 12.1 Å². The van der Waals surface area contributed by atoms with Gasteiger partial charge in [-0.05, 0) is 26.0 Å². The van der Waals surface area contributed by atoms with Gasteiger partial charge in [-0.15, -0.1) is 0 Å². The number of nitrogens with two attached hydrogens (primary N) is 1. The fourth-order valence-electron chi connectivity index (χ4n) is 1.72. The van der Waals surface area contributed by atoms with Crippen LogP contribution in [-0.4, -0.2) is 9.78 Å². The maximum Gasteiger partial charge on any atom is 0.152 e. The minimum absolute atomic E-state index is 0.300. The van der Waals surface area contributed by atoms with E-state index in [0.717, 1.165) is 6.07 Å². The van der Waals surface area contributed by atoms with Crippen molar-refractivity contribution in [2.75, 3.05) is 11.1 Å². The molecule has 18 heavy (non-hydrogen) atoms. The Labute approximate surface area is 103 Å². The van der Waals surface area contributed by atoms with Crippen LogP contribution in [0.4, 0.5) is 26.0 Å². The van der Waals surface area contributed by atoms with Crippen LogP contribution in [0.25, 0.3) is 0 Å². The molecule has 1 aromatic heterocycles. The smallest absolute Gasteiger partial charge is 0.152 e. The van der Waals surface area contributed by atoms with Gasteiger partial charge in [0.05, 0.1) is 11.4 Å². The van der Waals surface area contributed by atoms with Crippen LogP contribution in [0.2, 0.25) is 0 Å². The molecule has 3 N–H and O–H groups in total. The highest BCUT2D eigenvalue weighted by Crippen LogP contribution is 2.26. The molecular formula is C12H14F2N4. The molecule has 0 fully saturated rings. The molecule has 6 heteroatoms. The van der Waals surface area contributed by atoms with Gasteiger partial charge in [0.1, 0.15) is 11.6 Å². The summed E-state index contributed by atoms with van der Waals surface area (Å²) in [4.78, 5) is 0. The molecule has 0 spiro atoms. The van der Waals surface area contributed by atoms with E-state index in [2.05, 4.69) is 10.4 Å². The first-order valence-corrected chi connectivity index (χ1v) is 5.57. The van der Waals surface area contributed by atoms with Crippen molar-refractivity contribution in [3.8, 4) is 0 Å². The Morgan fingerprint density at radius 2 is 1.89 bits per heavy atom. The zero-order valence-corrected chi connectivity index (χ0v) is 10.2. The summed E-state index contributed by atoms with van der Waals surface area (Å²) in [5.74, 6) is -0.745. The molecule has 96 valence electrons. The molecule has 0 saturated heterocycles. The lowest BCUT2D eigenvalue weighted by molar-refractivity contribution is 0.584. The molecule has 0 atom stereocenters. The lowest BCUT2D eigenvalue weighted by Gasteiger charge is -2.09. The number of benzene rings is 1. The monoisotopic (exact) mass is 252 g/mol. The average Bonchev–Trinajstić information content (AvgIpc) is 2.55. The largest absolute Gasteiger partial charge is 0.394 e. The number of aryl methyl sites for hydroxylation is 2. The van der Waals surface area contributed by atoms with Crippen molar-refractivity contribution in [3.05, 3.63) is 35.5 Å². The molecule has 1 aromatic carbocycles. The maximum atomic E-state index is 13.1. The Morgan fingerprint density at radius 3 is 2.44 bits per heavy atom. The SMILES string of the molecule is CCn1nc(C)c(N)c1Nc1cc(F)cc(F)c1. The highest BCUT2D eigenvalue weighted by atomic mass is 19.1. The summed E-state index contributed by atoms with van der Waals surface area (Å²) >= 11 is 0. The molecule has 2 rings (SSSR count). The summed E-state index contributed by atoms with van der Waals surface area (Å²) in [7, 11) is 0. The van der Waals surface area contributed by atoms with E-state index in [1.54, 1.807) is 11.6 Å². The van der Waals surface area contributed by atoms with Gasteiger partial charge >= 0.3 is 0 Å². The topological polar surface area (TPSA) is 55.9 Å². The van der Waals surface area contributed by atoms with Crippen LogP contribution in [0.1, 0.15) is 12.6 Å². The van der Waals surface area contributed by atoms with Gasteiger partial charge in [0, 0.05) is 18.3 Å². The second kappa shape index (κ2) is 4.64. The summed E-state index contributed by atoms with van der Waals surface area (Å²) in [5.41, 5.74) is 7.32. The minimum atomic E-state index is -0.643. The number of nitrogens with one attached hydrogen (secondary N) is 1. The Hall–Kier alpha value is -2.11. The van der Waals surface area contributed by atoms with Gasteiger partial charge in [-0.1, -0.05) is 0 Å². The fourth-order valence-corrected chi connectivity index (χ4v) is 1.72. The zero-order valence-electron chi connectivity index (χ0n) is 10.2. The molecule has 0 radical (unpaired) electrons. The van der Waals surface area contributed by atoms with Crippen LogP contribution in [0.15, 0.2) is 18.2 Å². The highest BCUT2D eigenvalue weighted by molar-refractivity contribution is 5.71. The van der Waals surface area contributed by atoms with E-state index in [9.17, 15) is 8.78 Å². The maximum absolute atomic E-state index is 13.1. The van der Waals surface area contributed by atoms with Gasteiger partial charge in [0.25, 0.3) is 0 Å². The van der Waals surface area contributed by atoms with Crippen LogP contribution in [-0.2, 0) is 6.54 Å². The van der Waals surface area contributed by atoms with Crippen LogP contribution in [0.5, 0.6) is 0 Å². The molecule has 0 aliphatic heterocycles. The molecule has 0 bridgehead atoms. The number of hydrogen-bond acceptors (Lipinski definition) is 3. The van der Waals surface area contributed by atoms with Gasteiger partial charge in [-0.25, -0.2) is 13.5 Å². The Balaban J connectivity index is 2.39. The number of rotatable bonds is 3. The second-order valence-corrected chi connectivity index (χ2v) is 3.95. The third kappa shape index (κ3) is 2.27. The molecule has 0 amide bonds. The lowest BCUT2D eigenvalue weighted by atomic mass is 10.3. The van der Waals surface area contributed by atoms with Gasteiger partial charge in [-0.3, -0.25) is 0 Å². The first-order chi connectivity index (χ1) is 8.51. The lowest BCUT2D eigenvalue weighted by Crippen LogP contribution is -2.04. The summed E-state index contributed by atoms with van der Waals surface area (Å²) in [5, 5.41) is 7.10. The quantitative estimate of drug-likeness (QED) is 0.883. The van der Waals surface area contributed by atoms with Crippen molar-refractivity contribution in [1.29, 1.82) is 0 Å². The molecule has 0 aliphatic carbocycles. The minimum Gasteiger partial charge on any atom is -0.394 e. The molecule has 1 heterocycles. The highest BCUT2D eigenvalue weighted by Gasteiger charge is 2.12. The van der Waals surface area contributed by atoms with Gasteiger partial charge < -0.3 is 11.1 Å².